The molecule has 0 unspecified atom stereocenters. The molecule has 0 amide bonds. The van der Waals surface area contributed by atoms with Gasteiger partial charge in [0.15, 0.2) is 23.1 Å². The number of rotatable bonds is 2. The van der Waals surface area contributed by atoms with Gasteiger partial charge in [-0.05, 0) is 30.3 Å². The van der Waals surface area contributed by atoms with E-state index >= 15 is 0 Å². The molecule has 2 aromatic carbocycles. The van der Waals surface area contributed by atoms with Crippen LogP contribution in [-0.2, 0) is 13.0 Å². The van der Waals surface area contributed by atoms with Crippen molar-refractivity contribution < 1.29 is 18.3 Å². The molecule has 1 aromatic heterocycles. The predicted octanol–water partition coefficient (Wildman–Crippen LogP) is 3.19. The van der Waals surface area contributed by atoms with Crippen LogP contribution in [0.3, 0.4) is 0 Å². The molecule has 2 aliphatic heterocycles. The van der Waals surface area contributed by atoms with Crippen molar-refractivity contribution in [3.8, 4) is 28.4 Å². The maximum absolute atomic E-state index is 14.3. The van der Waals surface area contributed by atoms with Crippen LogP contribution in [0.5, 0.6) is 11.5 Å². The highest BCUT2D eigenvalue weighted by atomic mass is 19.1. The predicted molar refractivity (Wildman–Crippen MR) is 90.4 cm³/mol. The monoisotopic (exact) mass is 355 g/mol. The summed E-state index contributed by atoms with van der Waals surface area (Å²) >= 11 is 0. The molecule has 5 rings (SSSR count). The van der Waals surface area contributed by atoms with Gasteiger partial charge in [-0.25, -0.2) is 13.5 Å². The number of fused-ring (bicyclic) bond motifs is 2. The molecule has 2 aliphatic rings. The molecule has 0 saturated heterocycles. The largest absolute Gasteiger partial charge is 0.454 e. The summed E-state index contributed by atoms with van der Waals surface area (Å²) < 4.78 is 40.9. The van der Waals surface area contributed by atoms with Gasteiger partial charge < -0.3 is 14.8 Å². The molecule has 0 radical (unpaired) electrons. The van der Waals surface area contributed by atoms with Crippen LogP contribution in [-0.4, -0.2) is 23.1 Å². The van der Waals surface area contributed by atoms with Crippen molar-refractivity contribution >= 4 is 0 Å². The van der Waals surface area contributed by atoms with E-state index in [-0.39, 0.29) is 12.5 Å². The van der Waals surface area contributed by atoms with Gasteiger partial charge in [0.05, 0.1) is 11.4 Å². The van der Waals surface area contributed by atoms with Crippen LogP contribution in [0.2, 0.25) is 0 Å². The van der Waals surface area contributed by atoms with Gasteiger partial charge in [-0.3, -0.25) is 0 Å². The minimum Gasteiger partial charge on any atom is -0.454 e. The van der Waals surface area contributed by atoms with E-state index < -0.39 is 11.6 Å². The van der Waals surface area contributed by atoms with Crippen molar-refractivity contribution in [1.82, 2.24) is 15.1 Å². The van der Waals surface area contributed by atoms with Crippen molar-refractivity contribution in [2.45, 2.75) is 13.0 Å². The molecule has 3 heterocycles. The summed E-state index contributed by atoms with van der Waals surface area (Å²) in [5.74, 6) is 0.0594. The van der Waals surface area contributed by atoms with Gasteiger partial charge in [0.2, 0.25) is 6.79 Å². The van der Waals surface area contributed by atoms with E-state index in [1.165, 1.54) is 22.9 Å². The van der Waals surface area contributed by atoms with Crippen LogP contribution in [0.25, 0.3) is 16.9 Å². The fourth-order valence-corrected chi connectivity index (χ4v) is 3.50. The van der Waals surface area contributed by atoms with Crippen molar-refractivity contribution in [2.24, 2.45) is 0 Å². The Labute approximate surface area is 148 Å². The van der Waals surface area contributed by atoms with Crippen LogP contribution in [0, 0.1) is 11.6 Å². The molecule has 0 saturated carbocycles. The Morgan fingerprint density at radius 3 is 2.69 bits per heavy atom. The molecule has 0 fully saturated rings. The number of hydrogen-bond donors (Lipinski definition) is 1. The molecule has 3 aromatic rings. The maximum Gasteiger partial charge on any atom is 0.231 e. The van der Waals surface area contributed by atoms with E-state index in [0.29, 0.717) is 30.2 Å². The van der Waals surface area contributed by atoms with Crippen LogP contribution in [0.4, 0.5) is 8.78 Å². The van der Waals surface area contributed by atoms with Crippen LogP contribution < -0.4 is 14.8 Å². The fourth-order valence-electron chi connectivity index (χ4n) is 3.50. The van der Waals surface area contributed by atoms with Gasteiger partial charge in [-0.15, -0.1) is 0 Å². The van der Waals surface area contributed by atoms with E-state index in [0.717, 1.165) is 23.4 Å². The Morgan fingerprint density at radius 2 is 1.85 bits per heavy atom. The Bertz CT molecular complexity index is 996. The second-order valence-electron chi connectivity index (χ2n) is 6.25. The average molecular weight is 355 g/mol. The van der Waals surface area contributed by atoms with Crippen molar-refractivity contribution in [3.05, 3.63) is 59.3 Å². The lowest BCUT2D eigenvalue weighted by Crippen LogP contribution is -2.25. The molecule has 7 heteroatoms. The maximum atomic E-state index is 14.3. The number of halogens is 2. The Balaban J connectivity index is 1.71. The van der Waals surface area contributed by atoms with Crippen LogP contribution in [0.1, 0.15) is 11.3 Å². The highest BCUT2D eigenvalue weighted by molar-refractivity contribution is 5.69. The number of ether oxygens (including phenoxy) is 2. The molecule has 0 aliphatic carbocycles. The molecule has 132 valence electrons. The molecule has 0 spiro atoms. The highest BCUT2D eigenvalue weighted by Crippen LogP contribution is 2.38. The lowest BCUT2D eigenvalue weighted by Gasteiger charge is -2.16. The smallest absolute Gasteiger partial charge is 0.231 e. The molecular formula is C19H15F2N3O2. The van der Waals surface area contributed by atoms with Crippen molar-refractivity contribution in [1.29, 1.82) is 0 Å². The first-order valence-corrected chi connectivity index (χ1v) is 8.38. The van der Waals surface area contributed by atoms with Crippen molar-refractivity contribution in [2.75, 3.05) is 13.3 Å². The zero-order valence-corrected chi connectivity index (χ0v) is 13.8. The van der Waals surface area contributed by atoms with Gasteiger partial charge in [0, 0.05) is 30.6 Å². The molecule has 1 N–H and O–H groups in total. The van der Waals surface area contributed by atoms with E-state index in [9.17, 15) is 8.78 Å². The topological polar surface area (TPSA) is 48.3 Å². The van der Waals surface area contributed by atoms with Crippen molar-refractivity contribution in [3.63, 3.8) is 0 Å². The number of nitrogens with one attached hydrogen (secondary N) is 1. The summed E-state index contributed by atoms with van der Waals surface area (Å²) in [7, 11) is 0. The summed E-state index contributed by atoms with van der Waals surface area (Å²) in [4.78, 5) is 0. The second kappa shape index (κ2) is 5.81. The minimum absolute atomic E-state index is 0.141. The molecule has 0 atom stereocenters. The van der Waals surface area contributed by atoms with Crippen LogP contribution >= 0.6 is 0 Å². The van der Waals surface area contributed by atoms with Gasteiger partial charge in [0.25, 0.3) is 0 Å². The first-order chi connectivity index (χ1) is 12.7. The van der Waals surface area contributed by atoms with Gasteiger partial charge in [0.1, 0.15) is 5.69 Å². The van der Waals surface area contributed by atoms with E-state index in [2.05, 4.69) is 10.4 Å². The number of aromatic nitrogens is 2. The Kier molecular flexibility index (Phi) is 3.43. The second-order valence-corrected chi connectivity index (χ2v) is 6.25. The summed E-state index contributed by atoms with van der Waals surface area (Å²) in [5, 5.41) is 7.88. The minimum atomic E-state index is -0.633. The third-order valence-electron chi connectivity index (χ3n) is 4.73. The summed E-state index contributed by atoms with van der Waals surface area (Å²) in [5.41, 5.74) is 3.13. The summed E-state index contributed by atoms with van der Waals surface area (Å²) in [6.07, 6.45) is 0.640. The summed E-state index contributed by atoms with van der Waals surface area (Å²) in [6, 6.07) is 9.39. The van der Waals surface area contributed by atoms with E-state index in [1.54, 1.807) is 0 Å². The zero-order chi connectivity index (χ0) is 17.7. The fraction of sp³-hybridized carbons (Fsp3) is 0.211. The number of benzene rings is 2. The van der Waals surface area contributed by atoms with E-state index in [1.807, 2.05) is 18.2 Å². The summed E-state index contributed by atoms with van der Waals surface area (Å²) in [6.45, 7) is 1.51. The molecular weight excluding hydrogens is 340 g/mol. The quantitative estimate of drug-likeness (QED) is 0.767. The number of hydrogen-bond acceptors (Lipinski definition) is 4. The third-order valence-corrected chi connectivity index (χ3v) is 4.73. The first kappa shape index (κ1) is 15.3. The van der Waals surface area contributed by atoms with Gasteiger partial charge in [-0.1, -0.05) is 6.07 Å². The van der Waals surface area contributed by atoms with E-state index in [4.69, 9.17) is 9.47 Å². The van der Waals surface area contributed by atoms with Gasteiger partial charge in [-0.2, -0.15) is 5.10 Å². The Morgan fingerprint density at radius 1 is 1.04 bits per heavy atom. The number of para-hydroxylation sites is 1. The molecule has 5 nitrogen and oxygen atoms in total. The van der Waals surface area contributed by atoms with Gasteiger partial charge >= 0.3 is 0 Å². The average Bonchev–Trinajstić information content (AvgIpc) is 3.26. The number of nitrogens with zero attached hydrogens (tertiary/aromatic N) is 2. The zero-order valence-electron chi connectivity index (χ0n) is 13.8. The first-order valence-electron chi connectivity index (χ1n) is 8.38. The lowest BCUT2D eigenvalue weighted by atomic mass is 10.0. The standard InChI is InChI=1S/C19H15F2N3O2/c20-13-2-1-3-14(21)19(13)24-15-6-7-22-9-12(15)18(23-24)11-4-5-16-17(8-11)26-10-25-16/h1-5,8,22H,6-7,9-10H2. The lowest BCUT2D eigenvalue weighted by molar-refractivity contribution is 0.174. The third kappa shape index (κ3) is 2.28. The molecule has 26 heavy (non-hydrogen) atoms. The molecule has 0 bridgehead atoms. The highest BCUT2D eigenvalue weighted by Gasteiger charge is 2.26. The van der Waals surface area contributed by atoms with Crippen LogP contribution in [0.15, 0.2) is 36.4 Å². The normalized spacial score (nSPS) is 15.2. The SMILES string of the molecule is Fc1cccc(F)c1-n1nc(-c2ccc3c(c2)OCO3)c2c1CCNC2. The Hall–Kier alpha value is -2.93.